The standard InChI is InChI=1S/C12H15NO.C6H10O/c1-3-5-9-7-8-11(14)12(13)10(9)6-4-2;1-3-5-7-6-4-2/h3-4,7-8,14H,1-2,5-6,13H2;3-4H,1-2,5-6H2. The summed E-state index contributed by atoms with van der Waals surface area (Å²) in [6, 6.07) is 3.48. The summed E-state index contributed by atoms with van der Waals surface area (Å²) in [5.74, 6) is 0.134. The molecule has 114 valence electrons. The van der Waals surface area contributed by atoms with Crippen molar-refractivity contribution in [3.05, 3.63) is 73.9 Å². The maximum Gasteiger partial charge on any atom is 0.138 e. The molecule has 0 spiro atoms. The summed E-state index contributed by atoms with van der Waals surface area (Å²) in [6.45, 7) is 15.5. The van der Waals surface area contributed by atoms with Crippen LogP contribution in [0.3, 0.4) is 0 Å². The van der Waals surface area contributed by atoms with Crippen molar-refractivity contribution in [2.75, 3.05) is 18.9 Å². The molecule has 1 rings (SSSR count). The van der Waals surface area contributed by atoms with Gasteiger partial charge in [0.1, 0.15) is 5.75 Å². The van der Waals surface area contributed by atoms with Gasteiger partial charge >= 0.3 is 0 Å². The molecule has 1 aromatic carbocycles. The van der Waals surface area contributed by atoms with E-state index in [0.717, 1.165) is 17.5 Å². The number of anilines is 1. The summed E-state index contributed by atoms with van der Waals surface area (Å²) in [5, 5.41) is 9.43. The topological polar surface area (TPSA) is 55.5 Å². The summed E-state index contributed by atoms with van der Waals surface area (Å²) in [5.41, 5.74) is 8.25. The van der Waals surface area contributed by atoms with Gasteiger partial charge in [0, 0.05) is 0 Å². The quantitative estimate of drug-likeness (QED) is 0.331. The zero-order valence-electron chi connectivity index (χ0n) is 12.6. The number of benzene rings is 1. The SMILES string of the molecule is C=CCOCC=C.C=CCc1ccc(O)c(N)c1CC=C. The number of phenols is 1. The van der Waals surface area contributed by atoms with Crippen LogP contribution >= 0.6 is 0 Å². The predicted octanol–water partition coefficient (Wildman–Crippen LogP) is 3.81. The number of aromatic hydroxyl groups is 1. The van der Waals surface area contributed by atoms with Gasteiger partial charge in [0.2, 0.25) is 0 Å². The highest BCUT2D eigenvalue weighted by Gasteiger charge is 2.07. The Kier molecular flexibility index (Phi) is 10.3. The number of hydrogen-bond donors (Lipinski definition) is 2. The number of phenolic OH excluding ortho intramolecular Hbond substituents is 1. The first-order valence-corrected chi connectivity index (χ1v) is 6.72. The van der Waals surface area contributed by atoms with Crippen LogP contribution in [0, 0.1) is 0 Å². The van der Waals surface area contributed by atoms with E-state index in [1.165, 1.54) is 0 Å². The molecule has 0 heterocycles. The van der Waals surface area contributed by atoms with E-state index in [9.17, 15) is 5.11 Å². The van der Waals surface area contributed by atoms with Crippen molar-refractivity contribution in [2.24, 2.45) is 0 Å². The maximum absolute atomic E-state index is 9.43. The normalized spacial score (nSPS) is 9.14. The van der Waals surface area contributed by atoms with E-state index in [4.69, 9.17) is 10.5 Å². The molecule has 1 aromatic rings. The van der Waals surface area contributed by atoms with Crippen LogP contribution in [-0.4, -0.2) is 18.3 Å². The van der Waals surface area contributed by atoms with Crippen molar-refractivity contribution in [3.8, 4) is 5.75 Å². The van der Waals surface area contributed by atoms with Gasteiger partial charge in [-0.2, -0.15) is 0 Å². The fraction of sp³-hybridized carbons (Fsp3) is 0.222. The van der Waals surface area contributed by atoms with E-state index in [-0.39, 0.29) is 5.75 Å². The monoisotopic (exact) mass is 287 g/mol. The molecule has 0 aliphatic heterocycles. The van der Waals surface area contributed by atoms with Crippen LogP contribution in [0.1, 0.15) is 11.1 Å². The van der Waals surface area contributed by atoms with Gasteiger partial charge < -0.3 is 15.6 Å². The first kappa shape index (κ1) is 18.7. The number of ether oxygens (including phenoxy) is 1. The number of rotatable bonds is 8. The van der Waals surface area contributed by atoms with Crippen LogP contribution in [0.4, 0.5) is 5.69 Å². The minimum absolute atomic E-state index is 0.134. The second-order valence-electron chi connectivity index (χ2n) is 4.24. The molecule has 0 unspecified atom stereocenters. The van der Waals surface area contributed by atoms with Crippen molar-refractivity contribution < 1.29 is 9.84 Å². The van der Waals surface area contributed by atoms with E-state index in [2.05, 4.69) is 26.3 Å². The molecule has 3 nitrogen and oxygen atoms in total. The minimum atomic E-state index is 0.134. The smallest absolute Gasteiger partial charge is 0.138 e. The summed E-state index contributed by atoms with van der Waals surface area (Å²) in [7, 11) is 0. The second kappa shape index (κ2) is 11.6. The van der Waals surface area contributed by atoms with Gasteiger partial charge in [-0.1, -0.05) is 30.4 Å². The summed E-state index contributed by atoms with van der Waals surface area (Å²) >= 11 is 0. The van der Waals surface area contributed by atoms with Crippen LogP contribution in [0.2, 0.25) is 0 Å². The third-order valence-electron chi connectivity index (χ3n) is 2.62. The van der Waals surface area contributed by atoms with Gasteiger partial charge in [0.05, 0.1) is 18.9 Å². The molecule has 0 saturated heterocycles. The third-order valence-corrected chi connectivity index (χ3v) is 2.62. The molecule has 0 aliphatic rings. The third kappa shape index (κ3) is 7.18. The van der Waals surface area contributed by atoms with Gasteiger partial charge in [-0.25, -0.2) is 0 Å². The molecule has 0 radical (unpaired) electrons. The molecule has 0 aromatic heterocycles. The zero-order valence-corrected chi connectivity index (χ0v) is 12.6. The lowest BCUT2D eigenvalue weighted by Gasteiger charge is -2.10. The first-order valence-electron chi connectivity index (χ1n) is 6.72. The van der Waals surface area contributed by atoms with Crippen molar-refractivity contribution >= 4 is 5.69 Å². The highest BCUT2D eigenvalue weighted by atomic mass is 16.5. The second-order valence-corrected chi connectivity index (χ2v) is 4.24. The molecule has 21 heavy (non-hydrogen) atoms. The molecular formula is C18H25NO2. The van der Waals surface area contributed by atoms with Gasteiger partial charge in [-0.15, -0.1) is 26.3 Å². The van der Waals surface area contributed by atoms with Gasteiger partial charge in [0.15, 0.2) is 0 Å². The Labute approximate surface area is 127 Å². The number of allylic oxidation sites excluding steroid dienone is 2. The van der Waals surface area contributed by atoms with Crippen molar-refractivity contribution in [1.82, 2.24) is 0 Å². The van der Waals surface area contributed by atoms with Gasteiger partial charge in [-0.3, -0.25) is 0 Å². The Hall–Kier alpha value is -2.26. The average molecular weight is 287 g/mol. The van der Waals surface area contributed by atoms with E-state index >= 15 is 0 Å². The van der Waals surface area contributed by atoms with Crippen molar-refractivity contribution in [2.45, 2.75) is 12.8 Å². The first-order chi connectivity index (χ1) is 10.1. The lowest BCUT2D eigenvalue weighted by molar-refractivity contribution is 0.194. The number of hydrogen-bond acceptors (Lipinski definition) is 3. The molecule has 0 amide bonds. The van der Waals surface area contributed by atoms with Crippen LogP contribution in [0.5, 0.6) is 5.75 Å². The van der Waals surface area contributed by atoms with Crippen LogP contribution in [-0.2, 0) is 17.6 Å². The highest BCUT2D eigenvalue weighted by molar-refractivity contribution is 5.61. The summed E-state index contributed by atoms with van der Waals surface area (Å²) in [6.07, 6.45) is 8.44. The van der Waals surface area contributed by atoms with Crippen LogP contribution in [0.15, 0.2) is 62.8 Å². The zero-order chi connectivity index (χ0) is 16.1. The lowest BCUT2D eigenvalue weighted by atomic mass is 9.99. The van der Waals surface area contributed by atoms with Crippen LogP contribution in [0.25, 0.3) is 0 Å². The molecular weight excluding hydrogens is 262 g/mol. The lowest BCUT2D eigenvalue weighted by Crippen LogP contribution is -1.99. The molecule has 0 saturated carbocycles. The van der Waals surface area contributed by atoms with Crippen molar-refractivity contribution in [3.63, 3.8) is 0 Å². The fourth-order valence-corrected chi connectivity index (χ4v) is 1.66. The Bertz CT molecular complexity index is 470. The molecule has 0 atom stereocenters. The largest absolute Gasteiger partial charge is 0.506 e. The van der Waals surface area contributed by atoms with E-state index in [0.29, 0.717) is 25.3 Å². The number of nitrogen functional groups attached to an aromatic ring is 1. The molecule has 3 heteroatoms. The van der Waals surface area contributed by atoms with E-state index in [1.54, 1.807) is 24.3 Å². The minimum Gasteiger partial charge on any atom is -0.506 e. The van der Waals surface area contributed by atoms with Crippen molar-refractivity contribution in [1.29, 1.82) is 0 Å². The molecule has 0 fully saturated rings. The Morgan fingerprint density at radius 2 is 1.52 bits per heavy atom. The molecule has 0 aliphatic carbocycles. The van der Waals surface area contributed by atoms with Gasteiger partial charge in [0.25, 0.3) is 0 Å². The summed E-state index contributed by atoms with van der Waals surface area (Å²) in [4.78, 5) is 0. The van der Waals surface area contributed by atoms with Gasteiger partial charge in [-0.05, 0) is 30.0 Å². The summed E-state index contributed by atoms with van der Waals surface area (Å²) < 4.78 is 4.90. The maximum atomic E-state index is 9.43. The number of nitrogens with two attached hydrogens (primary N) is 1. The molecule has 3 N–H and O–H groups in total. The van der Waals surface area contributed by atoms with E-state index in [1.807, 2.05) is 12.1 Å². The fourth-order valence-electron chi connectivity index (χ4n) is 1.66. The molecule has 0 bridgehead atoms. The Morgan fingerprint density at radius 1 is 0.952 bits per heavy atom. The predicted molar refractivity (Wildman–Crippen MR) is 91.5 cm³/mol. The Morgan fingerprint density at radius 3 is 2.00 bits per heavy atom. The average Bonchev–Trinajstić information content (AvgIpc) is 2.48. The van der Waals surface area contributed by atoms with Crippen LogP contribution < -0.4 is 5.73 Å². The van der Waals surface area contributed by atoms with E-state index < -0.39 is 0 Å². The Balaban J connectivity index is 0.000000486. The highest BCUT2D eigenvalue weighted by Crippen LogP contribution is 2.28.